The molecule has 56 valence electrons. The minimum atomic E-state index is -1.50. The maximum Gasteiger partial charge on any atom is 0.556 e. The topological polar surface area (TPSA) is 136 Å². The molecule has 0 atom stereocenters. The van der Waals surface area contributed by atoms with Crippen molar-refractivity contribution in [1.82, 2.24) is 0 Å². The molecule has 0 aliphatic heterocycles. The molecule has 3 N–H and O–H groups in total. The van der Waals surface area contributed by atoms with Gasteiger partial charge in [0, 0.05) is 0 Å². The van der Waals surface area contributed by atoms with E-state index in [1.807, 2.05) is 0 Å². The lowest BCUT2D eigenvalue weighted by atomic mass is 10.7. The van der Waals surface area contributed by atoms with Gasteiger partial charge in [0.1, 0.15) is 9.85 Å². The zero-order valence-corrected chi connectivity index (χ0v) is 4.60. The molecule has 0 saturated carbocycles. The highest BCUT2D eigenvalue weighted by Gasteiger charge is 2.24. The van der Waals surface area contributed by atoms with Crippen LogP contribution in [0.1, 0.15) is 0 Å². The zero-order chi connectivity index (χ0) is 8.31. The Hall–Kier alpha value is -1.86. The van der Waals surface area contributed by atoms with Gasteiger partial charge < -0.3 is 11.5 Å². The van der Waals surface area contributed by atoms with Gasteiger partial charge in [0.15, 0.2) is 0 Å². The largest absolute Gasteiger partial charge is 0.556 e. The Morgan fingerprint density at radius 2 is 1.60 bits per heavy atom. The van der Waals surface area contributed by atoms with Gasteiger partial charge in [0.2, 0.25) is 0 Å². The fourth-order valence-corrected chi connectivity index (χ4v) is 0.263. The molecule has 0 aliphatic carbocycles. The molecule has 0 aromatic carbocycles. The molecule has 10 heavy (non-hydrogen) atoms. The van der Waals surface area contributed by atoms with Crippen molar-refractivity contribution >= 4 is 0 Å². The Balaban J connectivity index is 4.79. The van der Waals surface area contributed by atoms with Gasteiger partial charge in [-0.3, -0.25) is 20.2 Å². The van der Waals surface area contributed by atoms with Crippen molar-refractivity contribution < 1.29 is 9.85 Å². The van der Waals surface area contributed by atoms with E-state index >= 15 is 0 Å². The maximum atomic E-state index is 9.69. The average Bonchev–Trinajstić information content (AvgIpc) is 1.59. The van der Waals surface area contributed by atoms with Gasteiger partial charge >= 0.3 is 5.82 Å². The van der Waals surface area contributed by atoms with Gasteiger partial charge in [-0.15, -0.1) is 0 Å². The second-order valence-corrected chi connectivity index (χ2v) is 1.25. The maximum absolute atomic E-state index is 9.69. The van der Waals surface area contributed by atoms with E-state index in [-0.39, 0.29) is 0 Å². The minimum Gasteiger partial charge on any atom is -0.484 e. The predicted octanol–water partition coefficient (Wildman–Crippen LogP) is -0.323. The van der Waals surface area contributed by atoms with Crippen molar-refractivity contribution in [3.8, 4) is 0 Å². The molecular weight excluding hydrogens is 144 g/mol. The second-order valence-electron chi connectivity index (χ2n) is 1.25. The highest BCUT2D eigenvalue weighted by atomic mass is 16.7. The lowest BCUT2D eigenvalue weighted by molar-refractivity contribution is -0.617. The minimum absolute atomic E-state index is 1.16. The normalized spacial score (nSPS) is 8.40. The third-order valence-corrected chi connectivity index (χ3v) is 0.587. The number of rotatable bonds is 2. The average molecular weight is 147 g/mol. The molecule has 0 unspecified atom stereocenters. The van der Waals surface area contributed by atoms with E-state index in [1.165, 1.54) is 0 Å². The number of hydrogen-bond acceptors (Lipinski definition) is 5. The van der Waals surface area contributed by atoms with E-state index in [2.05, 4.69) is 5.73 Å². The number of nitrogens with zero attached hydrogens (tertiary/aromatic N) is 2. The van der Waals surface area contributed by atoms with Gasteiger partial charge in [-0.1, -0.05) is 0 Å². The third kappa shape index (κ3) is 1.58. The van der Waals surface area contributed by atoms with E-state index < -0.39 is 21.5 Å². The Morgan fingerprint density at radius 1 is 1.30 bits per heavy atom. The van der Waals surface area contributed by atoms with Crippen LogP contribution in [-0.2, 0) is 0 Å². The van der Waals surface area contributed by atoms with Crippen molar-refractivity contribution in [3.05, 3.63) is 37.6 Å². The van der Waals surface area contributed by atoms with Crippen LogP contribution in [0.3, 0.4) is 0 Å². The molecule has 0 fully saturated rings. The summed E-state index contributed by atoms with van der Waals surface area (Å²) in [7, 11) is 0. The second kappa shape index (κ2) is 2.62. The van der Waals surface area contributed by atoms with Crippen LogP contribution in [0.4, 0.5) is 0 Å². The van der Waals surface area contributed by atoms with Gasteiger partial charge in [0.05, 0.1) is 5.82 Å². The van der Waals surface area contributed by atoms with Crippen LogP contribution in [0, 0.1) is 20.2 Å². The summed E-state index contributed by atoms with van der Waals surface area (Å²) < 4.78 is 0. The summed E-state index contributed by atoms with van der Waals surface area (Å²) in [6, 6.07) is 0. The van der Waals surface area contributed by atoms with Crippen LogP contribution in [0.25, 0.3) is 5.73 Å². The van der Waals surface area contributed by atoms with E-state index in [4.69, 9.17) is 5.73 Å². The predicted molar refractivity (Wildman–Crippen MR) is 29.5 cm³/mol. The molecule has 8 heteroatoms. The summed E-state index contributed by atoms with van der Waals surface area (Å²) in [4.78, 5) is 16.7. The highest BCUT2D eigenvalue weighted by molar-refractivity contribution is 5.01. The Morgan fingerprint density at radius 3 is 1.60 bits per heavy atom. The summed E-state index contributed by atoms with van der Waals surface area (Å²) in [6.07, 6.45) is 0. The van der Waals surface area contributed by atoms with E-state index in [9.17, 15) is 20.2 Å². The molecule has 0 bridgehead atoms. The Kier molecular flexibility index (Phi) is 2.13. The van der Waals surface area contributed by atoms with Crippen LogP contribution >= 0.6 is 0 Å². The standard InChI is InChI=1S/C2H3N4O4/c3-1(4)2(5(7)8)6(9)10/h3H,4H2/q-1. The molecule has 0 amide bonds. The van der Waals surface area contributed by atoms with Crippen LogP contribution in [-0.4, -0.2) is 9.85 Å². The van der Waals surface area contributed by atoms with E-state index in [0.29, 0.717) is 0 Å². The van der Waals surface area contributed by atoms with Crippen molar-refractivity contribution in [2.24, 2.45) is 5.73 Å². The first-order chi connectivity index (χ1) is 4.46. The number of hydrogen-bond donors (Lipinski definition) is 1. The summed E-state index contributed by atoms with van der Waals surface area (Å²) in [6.45, 7) is 0. The first-order valence-electron chi connectivity index (χ1n) is 1.97. The molecule has 0 aromatic rings. The summed E-state index contributed by atoms with van der Waals surface area (Å²) >= 11 is 0. The van der Waals surface area contributed by atoms with Crippen LogP contribution in [0.15, 0.2) is 11.6 Å². The summed E-state index contributed by atoms with van der Waals surface area (Å²) in [5.74, 6) is -2.66. The lowest BCUT2D eigenvalue weighted by Crippen LogP contribution is -2.14. The smallest absolute Gasteiger partial charge is 0.484 e. The zero-order valence-electron chi connectivity index (χ0n) is 4.60. The molecule has 0 radical (unpaired) electrons. The first kappa shape index (κ1) is 8.14. The van der Waals surface area contributed by atoms with Gasteiger partial charge in [-0.2, -0.15) is 0 Å². The number of nitro groups is 2. The molecule has 0 saturated heterocycles. The number of nitrogens with one attached hydrogen (secondary N) is 1. The van der Waals surface area contributed by atoms with Gasteiger partial charge in [-0.25, -0.2) is 0 Å². The Bertz CT molecular complexity index is 187. The van der Waals surface area contributed by atoms with Crippen LogP contribution < -0.4 is 5.73 Å². The van der Waals surface area contributed by atoms with Gasteiger partial charge in [0.25, 0.3) is 0 Å². The van der Waals surface area contributed by atoms with Crippen LogP contribution in [0.5, 0.6) is 0 Å². The molecule has 0 rings (SSSR count). The number of nitrogens with two attached hydrogens (primary N) is 1. The SMILES string of the molecule is [NH-]C(N)=C([N+](=O)[O-])[N+](=O)[O-]. The molecule has 0 heterocycles. The fraction of sp³-hybridized carbons (Fsp3) is 0. The van der Waals surface area contributed by atoms with Crippen molar-refractivity contribution in [1.29, 1.82) is 0 Å². The molecule has 8 nitrogen and oxygen atoms in total. The lowest BCUT2D eigenvalue weighted by Gasteiger charge is -1.93. The first-order valence-corrected chi connectivity index (χ1v) is 1.97. The summed E-state index contributed by atoms with van der Waals surface area (Å²) in [5, 5.41) is 19.4. The molecule has 0 aliphatic rings. The van der Waals surface area contributed by atoms with Crippen molar-refractivity contribution in [3.63, 3.8) is 0 Å². The summed E-state index contributed by atoms with van der Waals surface area (Å²) in [5.41, 5.74) is 10.9. The monoisotopic (exact) mass is 147 g/mol. The van der Waals surface area contributed by atoms with Crippen LogP contribution in [0.2, 0.25) is 0 Å². The molecular formula is C2H3N4O4-. The van der Waals surface area contributed by atoms with Gasteiger partial charge in [-0.05, 0) is 0 Å². The fourth-order valence-electron chi connectivity index (χ4n) is 0.263. The van der Waals surface area contributed by atoms with Crippen molar-refractivity contribution in [2.75, 3.05) is 0 Å². The van der Waals surface area contributed by atoms with E-state index in [1.54, 1.807) is 0 Å². The quantitative estimate of drug-likeness (QED) is 0.421. The molecule has 0 spiro atoms. The van der Waals surface area contributed by atoms with Crippen molar-refractivity contribution in [2.45, 2.75) is 0 Å². The molecule has 0 aromatic heterocycles. The highest BCUT2D eigenvalue weighted by Crippen LogP contribution is 1.99. The Labute approximate surface area is 54.4 Å². The van der Waals surface area contributed by atoms with E-state index in [0.717, 1.165) is 0 Å². The third-order valence-electron chi connectivity index (χ3n) is 0.587.